The van der Waals surface area contributed by atoms with Gasteiger partial charge in [-0.1, -0.05) is 31.5 Å². The van der Waals surface area contributed by atoms with Crippen LogP contribution in [-0.4, -0.2) is 62.5 Å². The molecule has 0 unspecified atom stereocenters. The maximum atomic E-state index is 13.6. The molecule has 1 amide bonds. The summed E-state index contributed by atoms with van der Waals surface area (Å²) in [5.74, 6) is 0.118. The SMILES string of the molecule is CCCCOc1c(-c2ncc(Cc3ccccc3C(=O)OC)s2)nc2n(CC(=O)N3CCCCC3)ccn2c1=O. The summed E-state index contributed by atoms with van der Waals surface area (Å²) in [5.41, 5.74) is 1.33. The van der Waals surface area contributed by atoms with E-state index in [1.54, 1.807) is 35.3 Å². The normalized spacial score (nSPS) is 13.5. The number of unbranched alkanes of at least 4 members (excludes halogenated alkanes) is 1. The summed E-state index contributed by atoms with van der Waals surface area (Å²) in [5, 5.41) is 0.534. The van der Waals surface area contributed by atoms with Crippen molar-refractivity contribution in [1.29, 1.82) is 0 Å². The molecule has 5 rings (SSSR count). The summed E-state index contributed by atoms with van der Waals surface area (Å²) >= 11 is 1.39. The Hall–Kier alpha value is -3.99. The smallest absolute Gasteiger partial charge is 0.338 e. The largest absolute Gasteiger partial charge is 0.486 e. The van der Waals surface area contributed by atoms with Gasteiger partial charge in [-0.25, -0.2) is 19.2 Å². The number of carbonyl (C=O) groups is 2. The Morgan fingerprint density at radius 2 is 1.90 bits per heavy atom. The number of hydrogen-bond donors (Lipinski definition) is 0. The minimum absolute atomic E-state index is 0.0117. The lowest BCUT2D eigenvalue weighted by molar-refractivity contribution is -0.132. The highest BCUT2D eigenvalue weighted by Gasteiger charge is 2.23. The van der Waals surface area contributed by atoms with Crippen molar-refractivity contribution >= 4 is 29.0 Å². The number of hydrogen-bond acceptors (Lipinski definition) is 8. The molecule has 1 saturated heterocycles. The van der Waals surface area contributed by atoms with E-state index in [0.717, 1.165) is 55.6 Å². The number of aromatic nitrogens is 4. The lowest BCUT2D eigenvalue weighted by Gasteiger charge is -2.26. The van der Waals surface area contributed by atoms with Crippen LogP contribution in [0.3, 0.4) is 0 Å². The zero-order valence-corrected chi connectivity index (χ0v) is 23.6. The molecule has 4 aromatic rings. The first-order valence-electron chi connectivity index (χ1n) is 13.6. The summed E-state index contributed by atoms with van der Waals surface area (Å²) in [4.78, 5) is 51.0. The van der Waals surface area contributed by atoms with Crippen LogP contribution in [0.25, 0.3) is 16.5 Å². The molecule has 40 heavy (non-hydrogen) atoms. The minimum atomic E-state index is -0.396. The number of likely N-dealkylation sites (tertiary alicyclic amines) is 1. The van der Waals surface area contributed by atoms with Gasteiger partial charge >= 0.3 is 11.5 Å². The van der Waals surface area contributed by atoms with Crippen molar-refractivity contribution < 1.29 is 19.1 Å². The Labute approximate surface area is 236 Å². The summed E-state index contributed by atoms with van der Waals surface area (Å²) in [7, 11) is 1.36. The molecule has 0 radical (unpaired) electrons. The zero-order valence-electron chi connectivity index (χ0n) is 22.8. The predicted octanol–water partition coefficient (Wildman–Crippen LogP) is 4.19. The van der Waals surface area contributed by atoms with E-state index in [9.17, 15) is 14.4 Å². The van der Waals surface area contributed by atoms with E-state index in [-0.39, 0.29) is 23.8 Å². The van der Waals surface area contributed by atoms with Crippen molar-refractivity contribution in [2.45, 2.75) is 52.0 Å². The number of ether oxygens (including phenoxy) is 2. The molecule has 11 heteroatoms. The molecular weight excluding hydrogens is 530 g/mol. The Balaban J connectivity index is 1.50. The van der Waals surface area contributed by atoms with Crippen LogP contribution in [0.5, 0.6) is 5.75 Å². The Morgan fingerprint density at radius 3 is 2.67 bits per heavy atom. The quantitative estimate of drug-likeness (QED) is 0.210. The number of thiazole rings is 1. The van der Waals surface area contributed by atoms with Crippen molar-refractivity contribution in [3.63, 3.8) is 0 Å². The van der Waals surface area contributed by atoms with E-state index >= 15 is 0 Å². The molecule has 1 aliphatic rings. The molecule has 1 aliphatic heterocycles. The molecular formula is C29H33N5O5S. The third-order valence-electron chi connectivity index (χ3n) is 7.01. The van der Waals surface area contributed by atoms with Gasteiger partial charge in [0, 0.05) is 43.0 Å². The Kier molecular flexibility index (Phi) is 8.59. The van der Waals surface area contributed by atoms with Crippen LogP contribution in [0.4, 0.5) is 0 Å². The monoisotopic (exact) mass is 563 g/mol. The van der Waals surface area contributed by atoms with Crippen LogP contribution in [0.2, 0.25) is 0 Å². The highest BCUT2D eigenvalue weighted by Crippen LogP contribution is 2.31. The fourth-order valence-corrected chi connectivity index (χ4v) is 5.75. The summed E-state index contributed by atoms with van der Waals surface area (Å²) in [6.45, 7) is 4.05. The number of imidazole rings is 1. The molecule has 0 aliphatic carbocycles. The molecule has 1 aromatic carbocycles. The number of piperidine rings is 1. The molecule has 210 valence electrons. The second-order valence-electron chi connectivity index (χ2n) is 9.79. The van der Waals surface area contributed by atoms with Gasteiger partial charge in [0.15, 0.2) is 5.69 Å². The topological polar surface area (TPSA) is 108 Å². The van der Waals surface area contributed by atoms with Crippen molar-refractivity contribution in [1.82, 2.24) is 23.8 Å². The van der Waals surface area contributed by atoms with Crippen molar-refractivity contribution in [2.24, 2.45) is 0 Å². The average Bonchev–Trinajstić information content (AvgIpc) is 3.61. The van der Waals surface area contributed by atoms with Crippen molar-refractivity contribution in [2.75, 3.05) is 26.8 Å². The molecule has 0 spiro atoms. The summed E-state index contributed by atoms with van der Waals surface area (Å²) < 4.78 is 14.0. The van der Waals surface area contributed by atoms with Gasteiger partial charge in [0.05, 0.1) is 19.3 Å². The van der Waals surface area contributed by atoms with Crippen molar-refractivity contribution in [3.05, 3.63) is 69.2 Å². The van der Waals surface area contributed by atoms with Crippen LogP contribution in [0.15, 0.2) is 47.7 Å². The van der Waals surface area contributed by atoms with Gasteiger partial charge in [0.2, 0.25) is 17.4 Å². The third-order valence-corrected chi connectivity index (χ3v) is 8.01. The maximum absolute atomic E-state index is 13.6. The number of carbonyl (C=O) groups excluding carboxylic acids is 2. The third kappa shape index (κ3) is 5.79. The van der Waals surface area contributed by atoms with Crippen LogP contribution < -0.4 is 10.3 Å². The van der Waals surface area contributed by atoms with Gasteiger partial charge in [0.25, 0.3) is 0 Å². The fourth-order valence-electron chi connectivity index (χ4n) is 4.83. The number of esters is 1. The number of benzene rings is 1. The van der Waals surface area contributed by atoms with Gasteiger partial charge < -0.3 is 18.9 Å². The van der Waals surface area contributed by atoms with Gasteiger partial charge in [-0.05, 0) is 37.3 Å². The van der Waals surface area contributed by atoms with E-state index in [4.69, 9.17) is 14.5 Å². The van der Waals surface area contributed by atoms with Crippen molar-refractivity contribution in [3.8, 4) is 16.5 Å². The summed E-state index contributed by atoms with van der Waals surface area (Å²) in [6, 6.07) is 7.29. The predicted molar refractivity (Wildman–Crippen MR) is 152 cm³/mol. The maximum Gasteiger partial charge on any atom is 0.338 e. The van der Waals surface area contributed by atoms with Gasteiger partial charge in [0.1, 0.15) is 11.6 Å². The molecule has 0 bridgehead atoms. The van der Waals surface area contributed by atoms with E-state index in [2.05, 4.69) is 11.9 Å². The van der Waals surface area contributed by atoms with Gasteiger partial charge in [-0.2, -0.15) is 0 Å². The Morgan fingerprint density at radius 1 is 1.10 bits per heavy atom. The second kappa shape index (κ2) is 12.5. The molecule has 10 nitrogen and oxygen atoms in total. The highest BCUT2D eigenvalue weighted by molar-refractivity contribution is 7.15. The van der Waals surface area contributed by atoms with Crippen LogP contribution in [-0.2, 0) is 22.5 Å². The van der Waals surface area contributed by atoms with E-state index < -0.39 is 5.97 Å². The number of fused-ring (bicyclic) bond motifs is 1. The first kappa shape index (κ1) is 27.6. The summed E-state index contributed by atoms with van der Waals surface area (Å²) in [6.07, 6.45) is 10.4. The number of amides is 1. The molecule has 3 aromatic heterocycles. The molecule has 0 atom stereocenters. The van der Waals surface area contributed by atoms with E-state index in [1.165, 1.54) is 22.8 Å². The van der Waals surface area contributed by atoms with Crippen LogP contribution >= 0.6 is 11.3 Å². The number of methoxy groups -OCH3 is 1. The van der Waals surface area contributed by atoms with Crippen LogP contribution in [0, 0.1) is 0 Å². The average molecular weight is 564 g/mol. The van der Waals surface area contributed by atoms with Gasteiger partial charge in [-0.15, -0.1) is 11.3 Å². The zero-order chi connectivity index (χ0) is 28.1. The van der Waals surface area contributed by atoms with E-state index in [0.29, 0.717) is 35.1 Å². The molecule has 4 heterocycles. The number of rotatable bonds is 10. The first-order chi connectivity index (χ1) is 19.5. The second-order valence-corrected chi connectivity index (χ2v) is 10.9. The lowest BCUT2D eigenvalue weighted by Crippen LogP contribution is -2.37. The Bertz CT molecular complexity index is 1570. The molecule has 0 N–H and O–H groups in total. The fraction of sp³-hybridized carbons (Fsp3) is 0.414. The minimum Gasteiger partial charge on any atom is -0.486 e. The molecule has 1 fully saturated rings. The van der Waals surface area contributed by atoms with Crippen LogP contribution in [0.1, 0.15) is 59.8 Å². The lowest BCUT2D eigenvalue weighted by atomic mass is 10.0. The standard InChI is InChI=1S/C29H33N5O5S/c1-3-4-16-39-25-24(26-30-18-21(40-26)17-20-10-6-7-11-22(20)28(37)38-2)31-29-33(14-15-34(29)27(25)36)19-23(35)32-12-8-5-9-13-32/h6-7,10-11,14-15,18H,3-5,8-9,12-13,16-17,19H2,1-2H3. The van der Waals surface area contributed by atoms with E-state index in [1.807, 2.05) is 17.0 Å². The first-order valence-corrected chi connectivity index (χ1v) is 14.4. The molecule has 0 saturated carbocycles. The number of nitrogens with zero attached hydrogens (tertiary/aromatic N) is 5. The highest BCUT2D eigenvalue weighted by atomic mass is 32.1. The van der Waals surface area contributed by atoms with Gasteiger partial charge in [-0.3, -0.25) is 9.59 Å².